The molecule has 25 heavy (non-hydrogen) atoms. The molecule has 1 atom stereocenters. The summed E-state index contributed by atoms with van der Waals surface area (Å²) in [5.41, 5.74) is 0. The summed E-state index contributed by atoms with van der Waals surface area (Å²) in [5, 5.41) is 4.17. The van der Waals surface area contributed by atoms with Crippen LogP contribution in [0.5, 0.6) is 0 Å². The van der Waals surface area contributed by atoms with Crippen LogP contribution in [0, 0.1) is 0 Å². The SMILES string of the molecule is O=C(c1ccc(Cn2cccn2)o1)N1CCCC1CN1CCOCC1. The number of furan rings is 1. The topological polar surface area (TPSA) is 63.7 Å². The number of aromatic nitrogens is 2. The Bertz CT molecular complexity index is 691. The summed E-state index contributed by atoms with van der Waals surface area (Å²) in [6, 6.07) is 5.79. The molecule has 2 aromatic heterocycles. The lowest BCUT2D eigenvalue weighted by molar-refractivity contribution is 0.0256. The molecule has 0 aromatic carbocycles. The maximum absolute atomic E-state index is 12.9. The highest BCUT2D eigenvalue weighted by Gasteiger charge is 2.32. The molecule has 2 aliphatic rings. The van der Waals surface area contributed by atoms with Crippen molar-refractivity contribution in [2.24, 2.45) is 0 Å². The first-order valence-electron chi connectivity index (χ1n) is 8.97. The second-order valence-electron chi connectivity index (χ2n) is 6.68. The van der Waals surface area contributed by atoms with Gasteiger partial charge in [-0.05, 0) is 31.0 Å². The monoisotopic (exact) mass is 344 g/mol. The zero-order valence-electron chi connectivity index (χ0n) is 14.3. The number of morpholine rings is 1. The van der Waals surface area contributed by atoms with Gasteiger partial charge in [0.05, 0.1) is 19.8 Å². The Labute approximate surface area is 147 Å². The zero-order chi connectivity index (χ0) is 17.1. The molecule has 0 radical (unpaired) electrons. The molecule has 1 amide bonds. The quantitative estimate of drug-likeness (QED) is 0.822. The molecule has 2 saturated heterocycles. The third kappa shape index (κ3) is 3.77. The van der Waals surface area contributed by atoms with Gasteiger partial charge in [-0.3, -0.25) is 14.4 Å². The fourth-order valence-corrected chi connectivity index (χ4v) is 3.65. The summed E-state index contributed by atoms with van der Waals surface area (Å²) in [7, 11) is 0. The van der Waals surface area contributed by atoms with E-state index in [-0.39, 0.29) is 11.9 Å². The van der Waals surface area contributed by atoms with Gasteiger partial charge in [0.2, 0.25) is 0 Å². The van der Waals surface area contributed by atoms with E-state index in [1.54, 1.807) is 16.9 Å². The van der Waals surface area contributed by atoms with Crippen LogP contribution in [-0.4, -0.2) is 70.9 Å². The van der Waals surface area contributed by atoms with Crippen LogP contribution in [0.2, 0.25) is 0 Å². The van der Waals surface area contributed by atoms with E-state index in [4.69, 9.17) is 9.15 Å². The Kier molecular flexibility index (Phi) is 4.85. The van der Waals surface area contributed by atoms with E-state index < -0.39 is 0 Å². The number of carbonyl (C=O) groups excluding carboxylic acids is 1. The van der Waals surface area contributed by atoms with E-state index in [9.17, 15) is 4.79 Å². The van der Waals surface area contributed by atoms with Gasteiger partial charge in [-0.25, -0.2) is 0 Å². The molecule has 2 aliphatic heterocycles. The van der Waals surface area contributed by atoms with Gasteiger partial charge in [-0.1, -0.05) is 0 Å². The first kappa shape index (κ1) is 16.4. The zero-order valence-corrected chi connectivity index (χ0v) is 14.3. The van der Waals surface area contributed by atoms with Gasteiger partial charge in [0.25, 0.3) is 5.91 Å². The third-order valence-electron chi connectivity index (χ3n) is 4.96. The lowest BCUT2D eigenvalue weighted by Crippen LogP contribution is -2.46. The van der Waals surface area contributed by atoms with E-state index >= 15 is 0 Å². The van der Waals surface area contributed by atoms with Crippen molar-refractivity contribution in [1.29, 1.82) is 0 Å². The molecule has 4 rings (SSSR count). The first-order chi connectivity index (χ1) is 12.3. The number of likely N-dealkylation sites (tertiary alicyclic amines) is 1. The minimum absolute atomic E-state index is 0.00229. The number of nitrogens with zero attached hydrogens (tertiary/aromatic N) is 4. The standard InChI is InChI=1S/C18H24N4O3/c23-18(17-5-4-16(25-17)14-21-7-2-6-19-21)22-8-1-3-15(22)13-20-9-11-24-12-10-20/h2,4-7,15H,1,3,8-14H2. The van der Waals surface area contributed by atoms with Gasteiger partial charge in [0.1, 0.15) is 5.76 Å². The second-order valence-corrected chi connectivity index (χ2v) is 6.68. The van der Waals surface area contributed by atoms with Crippen molar-refractivity contribution in [2.75, 3.05) is 39.4 Å². The van der Waals surface area contributed by atoms with E-state index in [0.717, 1.165) is 58.0 Å². The highest BCUT2D eigenvalue weighted by atomic mass is 16.5. The number of hydrogen-bond donors (Lipinski definition) is 0. The number of carbonyl (C=O) groups is 1. The second kappa shape index (κ2) is 7.41. The molecule has 0 spiro atoms. The molecule has 0 aliphatic carbocycles. The molecule has 2 fully saturated rings. The van der Waals surface area contributed by atoms with Crippen LogP contribution in [0.1, 0.15) is 29.2 Å². The molecule has 4 heterocycles. The maximum Gasteiger partial charge on any atom is 0.289 e. The van der Waals surface area contributed by atoms with Crippen molar-refractivity contribution in [3.8, 4) is 0 Å². The van der Waals surface area contributed by atoms with Crippen LogP contribution in [0.15, 0.2) is 35.0 Å². The minimum Gasteiger partial charge on any atom is -0.454 e. The summed E-state index contributed by atoms with van der Waals surface area (Å²) in [6.45, 7) is 5.75. The Balaban J connectivity index is 1.40. The molecule has 2 aromatic rings. The average molecular weight is 344 g/mol. The van der Waals surface area contributed by atoms with Crippen molar-refractivity contribution in [2.45, 2.75) is 25.4 Å². The van der Waals surface area contributed by atoms with Gasteiger partial charge in [0, 0.05) is 44.6 Å². The smallest absolute Gasteiger partial charge is 0.289 e. The van der Waals surface area contributed by atoms with Crippen molar-refractivity contribution in [3.63, 3.8) is 0 Å². The van der Waals surface area contributed by atoms with Gasteiger partial charge in [-0.2, -0.15) is 5.10 Å². The van der Waals surface area contributed by atoms with Crippen LogP contribution in [0.3, 0.4) is 0 Å². The van der Waals surface area contributed by atoms with Crippen molar-refractivity contribution >= 4 is 5.91 Å². The summed E-state index contributed by atoms with van der Waals surface area (Å²) in [5.74, 6) is 1.18. The van der Waals surface area contributed by atoms with E-state index in [2.05, 4.69) is 10.00 Å². The van der Waals surface area contributed by atoms with Gasteiger partial charge in [0.15, 0.2) is 5.76 Å². The molecular weight excluding hydrogens is 320 g/mol. The van der Waals surface area contributed by atoms with Crippen molar-refractivity contribution in [1.82, 2.24) is 19.6 Å². The predicted octanol–water partition coefficient (Wildman–Crippen LogP) is 1.46. The summed E-state index contributed by atoms with van der Waals surface area (Å²) < 4.78 is 13.0. The van der Waals surface area contributed by atoms with Gasteiger partial charge in [-0.15, -0.1) is 0 Å². The van der Waals surface area contributed by atoms with Crippen LogP contribution >= 0.6 is 0 Å². The van der Waals surface area contributed by atoms with Crippen molar-refractivity contribution in [3.05, 3.63) is 42.1 Å². The Morgan fingerprint density at radius 1 is 1.24 bits per heavy atom. The normalized spacial score (nSPS) is 21.8. The maximum atomic E-state index is 12.9. The van der Waals surface area contributed by atoms with E-state index in [0.29, 0.717) is 12.3 Å². The average Bonchev–Trinajstić information content (AvgIpc) is 3.38. The fraction of sp³-hybridized carbons (Fsp3) is 0.556. The predicted molar refractivity (Wildman–Crippen MR) is 91.4 cm³/mol. The number of rotatable bonds is 5. The lowest BCUT2D eigenvalue weighted by Gasteiger charge is -2.32. The third-order valence-corrected chi connectivity index (χ3v) is 4.96. The van der Waals surface area contributed by atoms with Crippen LogP contribution < -0.4 is 0 Å². The van der Waals surface area contributed by atoms with Gasteiger partial charge < -0.3 is 14.1 Å². The number of ether oxygens (including phenoxy) is 1. The Morgan fingerprint density at radius 3 is 2.92 bits per heavy atom. The molecular formula is C18H24N4O3. The molecule has 0 N–H and O–H groups in total. The van der Waals surface area contributed by atoms with Crippen molar-refractivity contribution < 1.29 is 13.9 Å². The first-order valence-corrected chi connectivity index (χ1v) is 8.97. The highest BCUT2D eigenvalue weighted by molar-refractivity contribution is 5.92. The van der Waals surface area contributed by atoms with E-state index in [1.807, 2.05) is 23.2 Å². The molecule has 0 bridgehead atoms. The Hall–Kier alpha value is -2.12. The summed E-state index contributed by atoms with van der Waals surface area (Å²) >= 11 is 0. The molecule has 134 valence electrons. The van der Waals surface area contributed by atoms with Crippen LogP contribution in [0.25, 0.3) is 0 Å². The van der Waals surface area contributed by atoms with E-state index in [1.165, 1.54) is 0 Å². The molecule has 1 unspecified atom stereocenters. The van der Waals surface area contributed by atoms with Crippen LogP contribution in [0.4, 0.5) is 0 Å². The summed E-state index contributed by atoms with van der Waals surface area (Å²) in [6.07, 6.45) is 5.73. The lowest BCUT2D eigenvalue weighted by atomic mass is 10.2. The van der Waals surface area contributed by atoms with Crippen LogP contribution in [-0.2, 0) is 11.3 Å². The highest BCUT2D eigenvalue weighted by Crippen LogP contribution is 2.22. The molecule has 0 saturated carbocycles. The Morgan fingerprint density at radius 2 is 2.12 bits per heavy atom. The largest absolute Gasteiger partial charge is 0.454 e. The minimum atomic E-state index is 0.00229. The number of amides is 1. The number of hydrogen-bond acceptors (Lipinski definition) is 5. The molecule has 7 heteroatoms. The fourth-order valence-electron chi connectivity index (χ4n) is 3.65. The summed E-state index contributed by atoms with van der Waals surface area (Å²) in [4.78, 5) is 17.3. The molecule has 7 nitrogen and oxygen atoms in total. The van der Waals surface area contributed by atoms with Gasteiger partial charge >= 0.3 is 0 Å².